The highest BCUT2D eigenvalue weighted by molar-refractivity contribution is 6.04. The molecule has 100 valence electrons. The van der Waals surface area contributed by atoms with Crippen molar-refractivity contribution in [1.82, 2.24) is 15.5 Å². The van der Waals surface area contributed by atoms with Crippen LogP contribution in [0.15, 0.2) is 24.3 Å². The van der Waals surface area contributed by atoms with Crippen LogP contribution in [0.1, 0.15) is 43.1 Å². The number of nitrogens with one attached hydrogen (secondary N) is 2. The molecule has 2 aromatic rings. The molecule has 0 bridgehead atoms. The van der Waals surface area contributed by atoms with Crippen molar-refractivity contribution in [3.8, 4) is 0 Å². The molecular weight excluding hydrogens is 238 g/mol. The van der Waals surface area contributed by atoms with Gasteiger partial charge in [-0.3, -0.25) is 9.89 Å². The Kier molecular flexibility index (Phi) is 3.01. The van der Waals surface area contributed by atoms with Gasteiger partial charge in [0.2, 0.25) is 0 Å². The number of hydrogen-bond donors (Lipinski definition) is 2. The zero-order valence-electron chi connectivity index (χ0n) is 11.2. The van der Waals surface area contributed by atoms with Crippen molar-refractivity contribution in [2.75, 3.05) is 6.54 Å². The number of nitrogens with zero attached hydrogens (tertiary/aromatic N) is 1. The second-order valence-corrected chi connectivity index (χ2v) is 5.82. The average molecular weight is 257 g/mol. The first-order valence-corrected chi connectivity index (χ1v) is 6.89. The molecule has 1 fully saturated rings. The molecule has 3 rings (SSSR count). The van der Waals surface area contributed by atoms with Crippen LogP contribution < -0.4 is 5.32 Å². The van der Waals surface area contributed by atoms with Gasteiger partial charge in [0, 0.05) is 11.9 Å². The Morgan fingerprint density at radius 2 is 2.11 bits per heavy atom. The van der Waals surface area contributed by atoms with Gasteiger partial charge in [-0.2, -0.15) is 5.10 Å². The minimum Gasteiger partial charge on any atom is -0.350 e. The topological polar surface area (TPSA) is 57.8 Å². The third-order valence-corrected chi connectivity index (χ3v) is 4.17. The summed E-state index contributed by atoms with van der Waals surface area (Å²) in [5, 5.41) is 10.9. The van der Waals surface area contributed by atoms with E-state index < -0.39 is 0 Å². The molecule has 0 radical (unpaired) electrons. The summed E-state index contributed by atoms with van der Waals surface area (Å²) in [5.74, 6) is -0.0782. The largest absolute Gasteiger partial charge is 0.350 e. The highest BCUT2D eigenvalue weighted by atomic mass is 16.1. The van der Waals surface area contributed by atoms with Crippen molar-refractivity contribution in [1.29, 1.82) is 0 Å². The maximum Gasteiger partial charge on any atom is 0.272 e. The number of aromatic nitrogens is 2. The van der Waals surface area contributed by atoms with Crippen molar-refractivity contribution >= 4 is 16.8 Å². The van der Waals surface area contributed by atoms with E-state index in [0.717, 1.165) is 17.4 Å². The molecule has 2 N–H and O–H groups in total. The van der Waals surface area contributed by atoms with E-state index in [-0.39, 0.29) is 11.3 Å². The smallest absolute Gasteiger partial charge is 0.272 e. The highest BCUT2D eigenvalue weighted by Gasteiger charge is 2.29. The fourth-order valence-corrected chi connectivity index (χ4v) is 2.92. The molecule has 0 atom stereocenters. The Hall–Kier alpha value is -1.84. The molecule has 4 heteroatoms. The van der Waals surface area contributed by atoms with Gasteiger partial charge >= 0.3 is 0 Å². The fourth-order valence-electron chi connectivity index (χ4n) is 2.92. The van der Waals surface area contributed by atoms with Gasteiger partial charge < -0.3 is 5.32 Å². The Labute approximate surface area is 112 Å². The Balaban J connectivity index is 1.73. The van der Waals surface area contributed by atoms with E-state index in [2.05, 4.69) is 22.4 Å². The second kappa shape index (κ2) is 4.68. The second-order valence-electron chi connectivity index (χ2n) is 5.82. The van der Waals surface area contributed by atoms with Crippen molar-refractivity contribution in [3.05, 3.63) is 30.0 Å². The third-order valence-electron chi connectivity index (χ3n) is 4.17. The lowest BCUT2D eigenvalue weighted by molar-refractivity contribution is 0.0931. The number of para-hydroxylation sites is 1. The van der Waals surface area contributed by atoms with Gasteiger partial charge in [-0.25, -0.2) is 0 Å². The van der Waals surface area contributed by atoms with E-state index in [9.17, 15) is 4.79 Å². The summed E-state index contributed by atoms with van der Waals surface area (Å²) in [6.07, 6.45) is 4.96. The first-order chi connectivity index (χ1) is 9.18. The number of aromatic amines is 1. The predicted octanol–water partition coefficient (Wildman–Crippen LogP) is 2.87. The van der Waals surface area contributed by atoms with Crippen LogP contribution in [0.2, 0.25) is 0 Å². The molecule has 1 aromatic carbocycles. The lowest BCUT2D eigenvalue weighted by Gasteiger charge is -2.23. The Morgan fingerprint density at radius 3 is 2.89 bits per heavy atom. The summed E-state index contributed by atoms with van der Waals surface area (Å²) in [5.41, 5.74) is 1.67. The molecule has 1 aliphatic rings. The summed E-state index contributed by atoms with van der Waals surface area (Å²) in [7, 11) is 0. The van der Waals surface area contributed by atoms with Crippen LogP contribution in [0.25, 0.3) is 10.9 Å². The van der Waals surface area contributed by atoms with Gasteiger partial charge in [0.15, 0.2) is 5.69 Å². The predicted molar refractivity (Wildman–Crippen MR) is 75.0 cm³/mol. The number of benzene rings is 1. The van der Waals surface area contributed by atoms with E-state index in [1.165, 1.54) is 25.7 Å². The molecule has 1 heterocycles. The molecule has 0 unspecified atom stereocenters. The van der Waals surface area contributed by atoms with Crippen LogP contribution in [-0.4, -0.2) is 22.6 Å². The SMILES string of the molecule is CC1(CNC(=O)c2n[nH]c3ccccc23)CCCC1. The summed E-state index contributed by atoms with van der Waals surface area (Å²) >= 11 is 0. The number of amides is 1. The number of fused-ring (bicyclic) bond motifs is 1. The van der Waals surface area contributed by atoms with Gasteiger partial charge in [-0.05, 0) is 24.3 Å². The maximum atomic E-state index is 12.2. The number of rotatable bonds is 3. The highest BCUT2D eigenvalue weighted by Crippen LogP contribution is 2.36. The summed E-state index contributed by atoms with van der Waals surface area (Å²) in [6, 6.07) is 7.71. The summed E-state index contributed by atoms with van der Waals surface area (Å²) in [4.78, 5) is 12.2. The first-order valence-electron chi connectivity index (χ1n) is 6.89. The normalized spacial score (nSPS) is 17.7. The van der Waals surface area contributed by atoms with Crippen LogP contribution in [0.5, 0.6) is 0 Å². The monoisotopic (exact) mass is 257 g/mol. The number of H-pyrrole nitrogens is 1. The van der Waals surface area contributed by atoms with Gasteiger partial charge in [0.1, 0.15) is 0 Å². The molecule has 0 saturated heterocycles. The lowest BCUT2D eigenvalue weighted by Crippen LogP contribution is -2.34. The minimum absolute atomic E-state index is 0.0782. The minimum atomic E-state index is -0.0782. The Bertz CT molecular complexity index is 596. The van der Waals surface area contributed by atoms with Gasteiger partial charge in [-0.1, -0.05) is 38.0 Å². The van der Waals surface area contributed by atoms with Crippen LogP contribution in [0.3, 0.4) is 0 Å². The lowest BCUT2D eigenvalue weighted by atomic mass is 9.89. The molecule has 4 nitrogen and oxygen atoms in total. The molecule has 1 aromatic heterocycles. The maximum absolute atomic E-state index is 12.2. The average Bonchev–Trinajstić information content (AvgIpc) is 3.03. The summed E-state index contributed by atoms with van der Waals surface area (Å²) in [6.45, 7) is 3.00. The van der Waals surface area contributed by atoms with Gasteiger partial charge in [0.05, 0.1) is 5.52 Å². The molecule has 0 spiro atoms. The van der Waals surface area contributed by atoms with Crippen molar-refractivity contribution < 1.29 is 4.79 Å². The zero-order valence-corrected chi connectivity index (χ0v) is 11.2. The first kappa shape index (κ1) is 12.2. The van der Waals surface area contributed by atoms with Crippen LogP contribution in [-0.2, 0) is 0 Å². The zero-order chi connectivity index (χ0) is 13.3. The van der Waals surface area contributed by atoms with E-state index in [4.69, 9.17) is 0 Å². The third kappa shape index (κ3) is 2.35. The van der Waals surface area contributed by atoms with Crippen LogP contribution >= 0.6 is 0 Å². The van der Waals surface area contributed by atoms with E-state index in [1.807, 2.05) is 24.3 Å². The van der Waals surface area contributed by atoms with Gasteiger partial charge in [0.25, 0.3) is 5.91 Å². The number of carbonyl (C=O) groups is 1. The Morgan fingerprint density at radius 1 is 1.37 bits per heavy atom. The molecular formula is C15H19N3O. The van der Waals surface area contributed by atoms with Crippen LogP contribution in [0.4, 0.5) is 0 Å². The molecule has 1 amide bonds. The molecule has 1 saturated carbocycles. The number of carbonyl (C=O) groups excluding carboxylic acids is 1. The van der Waals surface area contributed by atoms with E-state index in [1.54, 1.807) is 0 Å². The quantitative estimate of drug-likeness (QED) is 0.888. The van der Waals surface area contributed by atoms with Crippen LogP contribution in [0, 0.1) is 5.41 Å². The fraction of sp³-hybridized carbons (Fsp3) is 0.467. The van der Waals surface area contributed by atoms with Crippen molar-refractivity contribution in [2.24, 2.45) is 5.41 Å². The summed E-state index contributed by atoms with van der Waals surface area (Å²) < 4.78 is 0. The molecule has 19 heavy (non-hydrogen) atoms. The number of hydrogen-bond acceptors (Lipinski definition) is 2. The van der Waals surface area contributed by atoms with Gasteiger partial charge in [-0.15, -0.1) is 0 Å². The van der Waals surface area contributed by atoms with Crippen molar-refractivity contribution in [3.63, 3.8) is 0 Å². The van der Waals surface area contributed by atoms with Crippen molar-refractivity contribution in [2.45, 2.75) is 32.6 Å². The van der Waals surface area contributed by atoms with E-state index in [0.29, 0.717) is 5.69 Å². The molecule has 1 aliphatic carbocycles. The van der Waals surface area contributed by atoms with E-state index >= 15 is 0 Å². The standard InChI is InChI=1S/C15H19N3O/c1-15(8-4-5-9-15)10-16-14(19)13-11-6-2-3-7-12(11)17-18-13/h2-3,6-7H,4-5,8-10H2,1H3,(H,16,19)(H,17,18). The molecule has 0 aliphatic heterocycles.